The molecule has 1 aliphatic rings. The molecule has 1 unspecified atom stereocenters. The summed E-state index contributed by atoms with van der Waals surface area (Å²) in [7, 11) is 0. The Morgan fingerprint density at radius 1 is 1.40 bits per heavy atom. The lowest BCUT2D eigenvalue weighted by molar-refractivity contribution is -0.117. The van der Waals surface area contributed by atoms with Crippen molar-refractivity contribution in [2.45, 2.75) is 12.5 Å². The largest absolute Gasteiger partial charge is 0.391 e. The highest BCUT2D eigenvalue weighted by molar-refractivity contribution is 5.96. The second-order valence-corrected chi connectivity index (χ2v) is 3.46. The van der Waals surface area contributed by atoms with Gasteiger partial charge in [-0.05, 0) is 12.1 Å². The fourth-order valence-corrected chi connectivity index (χ4v) is 1.62. The molecule has 1 N–H and O–H groups in total. The first-order valence-electron chi connectivity index (χ1n) is 4.51. The van der Waals surface area contributed by atoms with Crippen LogP contribution in [0.5, 0.6) is 0 Å². The van der Waals surface area contributed by atoms with Crippen molar-refractivity contribution in [1.82, 2.24) is 0 Å². The van der Waals surface area contributed by atoms with E-state index in [2.05, 4.69) is 0 Å². The van der Waals surface area contributed by atoms with Crippen molar-refractivity contribution in [3.8, 4) is 0 Å². The Labute approximate surface area is 84.9 Å². The zero-order valence-electron chi connectivity index (χ0n) is 7.78. The predicted molar refractivity (Wildman–Crippen MR) is 49.3 cm³/mol. The van der Waals surface area contributed by atoms with Gasteiger partial charge in [-0.25, -0.2) is 8.78 Å². The van der Waals surface area contributed by atoms with E-state index in [9.17, 15) is 18.7 Å². The number of amides is 1. The summed E-state index contributed by atoms with van der Waals surface area (Å²) in [5, 5.41) is 9.22. The Morgan fingerprint density at radius 3 is 2.67 bits per heavy atom. The van der Waals surface area contributed by atoms with E-state index in [4.69, 9.17) is 0 Å². The molecule has 1 amide bonds. The number of carbonyl (C=O) groups is 1. The maximum Gasteiger partial charge on any atom is 0.229 e. The molecule has 1 aliphatic heterocycles. The number of hydrogen-bond donors (Lipinski definition) is 1. The molecular formula is C10H9F2NO2. The zero-order valence-corrected chi connectivity index (χ0v) is 7.78. The van der Waals surface area contributed by atoms with Crippen LogP contribution in [-0.4, -0.2) is 23.7 Å². The molecule has 0 aromatic heterocycles. The molecule has 1 fully saturated rings. The molecule has 1 heterocycles. The van der Waals surface area contributed by atoms with Gasteiger partial charge in [0, 0.05) is 6.07 Å². The number of rotatable bonds is 1. The first kappa shape index (κ1) is 10.0. The van der Waals surface area contributed by atoms with Gasteiger partial charge in [-0.1, -0.05) is 0 Å². The van der Waals surface area contributed by atoms with Crippen LogP contribution < -0.4 is 4.90 Å². The van der Waals surface area contributed by atoms with Crippen LogP contribution in [0, 0.1) is 11.6 Å². The molecular weight excluding hydrogens is 204 g/mol. The third kappa shape index (κ3) is 1.83. The minimum absolute atomic E-state index is 0.0120. The summed E-state index contributed by atoms with van der Waals surface area (Å²) < 4.78 is 25.9. The summed E-state index contributed by atoms with van der Waals surface area (Å²) in [6.45, 7) is 0.0569. The van der Waals surface area contributed by atoms with Crippen molar-refractivity contribution in [3.63, 3.8) is 0 Å². The summed E-state index contributed by atoms with van der Waals surface area (Å²) >= 11 is 0. The lowest BCUT2D eigenvalue weighted by Gasteiger charge is -2.16. The maximum absolute atomic E-state index is 13.3. The monoisotopic (exact) mass is 213 g/mol. The van der Waals surface area contributed by atoms with Crippen molar-refractivity contribution in [2.24, 2.45) is 0 Å². The van der Waals surface area contributed by atoms with Gasteiger partial charge in [-0.2, -0.15) is 0 Å². The van der Waals surface area contributed by atoms with E-state index in [0.29, 0.717) is 6.07 Å². The van der Waals surface area contributed by atoms with Crippen LogP contribution in [0.4, 0.5) is 14.5 Å². The number of benzene rings is 1. The molecule has 0 aliphatic carbocycles. The van der Waals surface area contributed by atoms with Crippen molar-refractivity contribution < 1.29 is 18.7 Å². The fraction of sp³-hybridized carbons (Fsp3) is 0.300. The van der Waals surface area contributed by atoms with Gasteiger partial charge in [0.05, 0.1) is 24.8 Å². The Bertz CT molecular complexity index is 408. The van der Waals surface area contributed by atoms with Crippen LogP contribution in [0.2, 0.25) is 0 Å². The number of aliphatic hydroxyl groups is 1. The van der Waals surface area contributed by atoms with Crippen LogP contribution in [0.15, 0.2) is 18.2 Å². The molecule has 1 aromatic carbocycles. The molecule has 1 atom stereocenters. The molecule has 0 radical (unpaired) electrons. The molecule has 3 nitrogen and oxygen atoms in total. The molecule has 1 saturated heterocycles. The number of anilines is 1. The summed E-state index contributed by atoms with van der Waals surface area (Å²) in [5.41, 5.74) is 0.0120. The Morgan fingerprint density at radius 2 is 2.13 bits per heavy atom. The Kier molecular flexibility index (Phi) is 2.40. The molecule has 0 spiro atoms. The van der Waals surface area contributed by atoms with Crippen molar-refractivity contribution in [1.29, 1.82) is 0 Å². The first-order valence-corrected chi connectivity index (χ1v) is 4.51. The van der Waals surface area contributed by atoms with E-state index in [1.807, 2.05) is 0 Å². The minimum atomic E-state index is -0.794. The van der Waals surface area contributed by atoms with Crippen molar-refractivity contribution >= 4 is 11.6 Å². The molecule has 5 heteroatoms. The quantitative estimate of drug-likeness (QED) is 0.757. The van der Waals surface area contributed by atoms with Crippen molar-refractivity contribution in [3.05, 3.63) is 29.8 Å². The van der Waals surface area contributed by atoms with E-state index >= 15 is 0 Å². The fourth-order valence-electron chi connectivity index (χ4n) is 1.62. The summed E-state index contributed by atoms with van der Waals surface area (Å²) in [6.07, 6.45) is -0.793. The zero-order chi connectivity index (χ0) is 11.0. The van der Waals surface area contributed by atoms with Gasteiger partial charge < -0.3 is 10.0 Å². The number of hydrogen-bond acceptors (Lipinski definition) is 2. The Hall–Kier alpha value is -1.49. The molecule has 1 aromatic rings. The van der Waals surface area contributed by atoms with E-state index in [1.54, 1.807) is 0 Å². The summed E-state index contributed by atoms with van der Waals surface area (Å²) in [4.78, 5) is 12.5. The second-order valence-electron chi connectivity index (χ2n) is 3.46. The maximum atomic E-state index is 13.3. The summed E-state index contributed by atoms with van der Waals surface area (Å²) in [5.74, 6) is -1.84. The van der Waals surface area contributed by atoms with Gasteiger partial charge in [-0.15, -0.1) is 0 Å². The average Bonchev–Trinajstić information content (AvgIpc) is 2.45. The number of aliphatic hydroxyl groups excluding tert-OH is 1. The van der Waals surface area contributed by atoms with Crippen LogP contribution in [-0.2, 0) is 4.79 Å². The SMILES string of the molecule is O=C1CC(O)CN1c1ccc(F)cc1F. The van der Waals surface area contributed by atoms with Gasteiger partial charge in [0.2, 0.25) is 5.91 Å². The smallest absolute Gasteiger partial charge is 0.229 e. The van der Waals surface area contributed by atoms with Gasteiger partial charge >= 0.3 is 0 Å². The van der Waals surface area contributed by atoms with Gasteiger partial charge in [0.1, 0.15) is 11.6 Å². The van der Waals surface area contributed by atoms with Gasteiger partial charge in [-0.3, -0.25) is 4.79 Å². The van der Waals surface area contributed by atoms with Crippen LogP contribution in [0.25, 0.3) is 0 Å². The van der Waals surface area contributed by atoms with E-state index in [0.717, 1.165) is 11.0 Å². The molecule has 0 saturated carbocycles. The van der Waals surface area contributed by atoms with Gasteiger partial charge in [0.25, 0.3) is 0 Å². The molecule has 80 valence electrons. The lowest BCUT2D eigenvalue weighted by atomic mass is 10.2. The highest BCUT2D eigenvalue weighted by Crippen LogP contribution is 2.24. The average molecular weight is 213 g/mol. The normalized spacial score (nSPS) is 21.1. The highest BCUT2D eigenvalue weighted by Gasteiger charge is 2.30. The number of halogens is 2. The van der Waals surface area contributed by atoms with E-state index in [-0.39, 0.29) is 24.6 Å². The first-order chi connectivity index (χ1) is 7.08. The molecule has 15 heavy (non-hydrogen) atoms. The molecule has 0 bridgehead atoms. The molecule has 2 rings (SSSR count). The van der Waals surface area contributed by atoms with E-state index < -0.39 is 17.7 Å². The Balaban J connectivity index is 2.34. The third-order valence-electron chi connectivity index (χ3n) is 2.31. The van der Waals surface area contributed by atoms with Crippen molar-refractivity contribution in [2.75, 3.05) is 11.4 Å². The third-order valence-corrected chi connectivity index (χ3v) is 2.31. The number of carbonyl (C=O) groups excluding carboxylic acids is 1. The topological polar surface area (TPSA) is 40.5 Å². The number of nitrogens with zero attached hydrogens (tertiary/aromatic N) is 1. The van der Waals surface area contributed by atoms with Gasteiger partial charge in [0.15, 0.2) is 0 Å². The second kappa shape index (κ2) is 3.58. The lowest BCUT2D eigenvalue weighted by Crippen LogP contribution is -2.26. The van der Waals surface area contributed by atoms with E-state index in [1.165, 1.54) is 6.07 Å². The van der Waals surface area contributed by atoms with Crippen LogP contribution >= 0.6 is 0 Å². The van der Waals surface area contributed by atoms with Crippen LogP contribution in [0.3, 0.4) is 0 Å². The predicted octanol–water partition coefficient (Wildman–Crippen LogP) is 1.06. The summed E-state index contributed by atoms with van der Waals surface area (Å²) in [6, 6.07) is 2.99. The highest BCUT2D eigenvalue weighted by atomic mass is 19.1. The van der Waals surface area contributed by atoms with Crippen LogP contribution in [0.1, 0.15) is 6.42 Å². The minimum Gasteiger partial charge on any atom is -0.391 e. The standard InChI is InChI=1S/C10H9F2NO2/c11-6-1-2-9(8(12)3-6)13-5-7(14)4-10(13)15/h1-3,7,14H,4-5H2. The number of β-amino-alcohol motifs (C(OH)–C–C–N with tert-alkyl or cyclic N) is 1.